The molecule has 2 aliphatic heterocycles. The van der Waals surface area contributed by atoms with Gasteiger partial charge in [0.2, 0.25) is 0 Å². The van der Waals surface area contributed by atoms with E-state index in [4.69, 9.17) is 0 Å². The van der Waals surface area contributed by atoms with Crippen LogP contribution in [0.1, 0.15) is 28.3 Å². The highest BCUT2D eigenvalue weighted by Crippen LogP contribution is 2.34. The number of aromatic nitrogens is 1. The number of benzene rings is 2. The van der Waals surface area contributed by atoms with Crippen molar-refractivity contribution in [2.75, 3.05) is 19.6 Å². The molecule has 1 fully saturated rings. The van der Waals surface area contributed by atoms with Gasteiger partial charge in [0.05, 0.1) is 6.04 Å². The molecule has 0 aliphatic carbocycles. The van der Waals surface area contributed by atoms with Crippen LogP contribution in [0.5, 0.6) is 0 Å². The second-order valence-electron chi connectivity index (χ2n) is 7.70. The number of rotatable bonds is 4. The van der Waals surface area contributed by atoms with Gasteiger partial charge in [-0.1, -0.05) is 60.7 Å². The van der Waals surface area contributed by atoms with Crippen molar-refractivity contribution in [3.63, 3.8) is 0 Å². The number of hydrogen-bond donors (Lipinski definition) is 0. The molecule has 27 heavy (non-hydrogen) atoms. The average Bonchev–Trinajstić information content (AvgIpc) is 2.71. The van der Waals surface area contributed by atoms with Crippen LogP contribution in [0.4, 0.5) is 0 Å². The highest BCUT2D eigenvalue weighted by molar-refractivity contribution is 5.33. The summed E-state index contributed by atoms with van der Waals surface area (Å²) < 4.78 is 0. The number of fused-ring (bicyclic) bond motifs is 1. The lowest BCUT2D eigenvalue weighted by atomic mass is 9.91. The van der Waals surface area contributed by atoms with Crippen LogP contribution in [0.2, 0.25) is 0 Å². The summed E-state index contributed by atoms with van der Waals surface area (Å²) in [4.78, 5) is 9.56. The molecule has 2 aliphatic rings. The van der Waals surface area contributed by atoms with Crippen molar-refractivity contribution in [1.82, 2.24) is 14.8 Å². The zero-order chi connectivity index (χ0) is 18.1. The van der Waals surface area contributed by atoms with Gasteiger partial charge in [0.25, 0.3) is 0 Å². The fourth-order valence-electron chi connectivity index (χ4n) is 4.52. The van der Waals surface area contributed by atoms with Gasteiger partial charge in [-0.2, -0.15) is 0 Å². The predicted octanol–water partition coefficient (Wildman–Crippen LogP) is 3.91. The van der Waals surface area contributed by atoms with E-state index in [2.05, 4.69) is 81.5 Å². The van der Waals surface area contributed by atoms with Crippen molar-refractivity contribution in [3.05, 3.63) is 101 Å². The van der Waals surface area contributed by atoms with Crippen molar-refractivity contribution < 1.29 is 0 Å². The third-order valence-corrected chi connectivity index (χ3v) is 6.05. The Balaban J connectivity index is 1.32. The van der Waals surface area contributed by atoms with Crippen LogP contribution in [0, 0.1) is 0 Å². The molecule has 1 aromatic heterocycles. The Bertz CT molecular complexity index is 848. The van der Waals surface area contributed by atoms with Gasteiger partial charge in [-0.05, 0) is 34.7 Å². The highest BCUT2D eigenvalue weighted by Gasteiger charge is 2.37. The quantitative estimate of drug-likeness (QED) is 0.707. The Morgan fingerprint density at radius 2 is 1.48 bits per heavy atom. The normalized spacial score (nSPS) is 18.3. The van der Waals surface area contributed by atoms with E-state index in [9.17, 15) is 0 Å². The van der Waals surface area contributed by atoms with E-state index in [0.717, 1.165) is 32.6 Å². The number of likely N-dealkylation sites (tertiary alicyclic amines) is 1. The molecule has 1 saturated heterocycles. The van der Waals surface area contributed by atoms with Gasteiger partial charge in [-0.15, -0.1) is 0 Å². The molecule has 3 heterocycles. The van der Waals surface area contributed by atoms with E-state index in [1.54, 1.807) is 0 Å². The van der Waals surface area contributed by atoms with Crippen molar-refractivity contribution in [1.29, 1.82) is 0 Å². The van der Waals surface area contributed by atoms with Gasteiger partial charge in [0, 0.05) is 44.6 Å². The standard InChI is InChI=1S/C24H25N3/c1-3-7-19(8-4-1)24(20-9-5-2-6-10-20)27-17-23(18-27)26-14-12-21-15-25-13-11-22(21)16-26/h1-11,13,15,23-24H,12,14,16-18H2. The first kappa shape index (κ1) is 16.7. The number of nitrogens with zero attached hydrogens (tertiary/aromatic N) is 3. The molecule has 3 nitrogen and oxygen atoms in total. The number of hydrogen-bond acceptors (Lipinski definition) is 3. The van der Waals surface area contributed by atoms with Crippen LogP contribution < -0.4 is 0 Å². The maximum atomic E-state index is 4.28. The third kappa shape index (κ3) is 3.29. The van der Waals surface area contributed by atoms with E-state index in [1.807, 2.05) is 12.4 Å². The summed E-state index contributed by atoms with van der Waals surface area (Å²) in [5.41, 5.74) is 5.66. The van der Waals surface area contributed by atoms with Crippen molar-refractivity contribution >= 4 is 0 Å². The Morgan fingerprint density at radius 3 is 2.15 bits per heavy atom. The van der Waals surface area contributed by atoms with E-state index in [0.29, 0.717) is 12.1 Å². The summed E-state index contributed by atoms with van der Waals surface area (Å²) in [5, 5.41) is 0. The maximum absolute atomic E-state index is 4.28. The monoisotopic (exact) mass is 355 g/mol. The van der Waals surface area contributed by atoms with E-state index >= 15 is 0 Å². The molecule has 0 bridgehead atoms. The predicted molar refractivity (Wildman–Crippen MR) is 108 cm³/mol. The van der Waals surface area contributed by atoms with Gasteiger partial charge in [0.15, 0.2) is 0 Å². The van der Waals surface area contributed by atoms with Crippen LogP contribution in [0.15, 0.2) is 79.1 Å². The first-order valence-electron chi connectivity index (χ1n) is 9.88. The summed E-state index contributed by atoms with van der Waals surface area (Å²) in [5.74, 6) is 0. The smallest absolute Gasteiger partial charge is 0.0602 e. The second-order valence-corrected chi connectivity index (χ2v) is 7.70. The van der Waals surface area contributed by atoms with Crippen LogP contribution in [-0.2, 0) is 13.0 Å². The van der Waals surface area contributed by atoms with Crippen LogP contribution >= 0.6 is 0 Å². The van der Waals surface area contributed by atoms with E-state index in [-0.39, 0.29) is 0 Å². The molecule has 3 heteroatoms. The van der Waals surface area contributed by atoms with Crippen molar-refractivity contribution in [2.45, 2.75) is 25.0 Å². The van der Waals surface area contributed by atoms with Gasteiger partial charge in [-0.25, -0.2) is 0 Å². The topological polar surface area (TPSA) is 19.4 Å². The Kier molecular flexibility index (Phi) is 4.48. The fraction of sp³-hybridized carbons (Fsp3) is 0.292. The second kappa shape index (κ2) is 7.26. The van der Waals surface area contributed by atoms with Crippen molar-refractivity contribution in [3.8, 4) is 0 Å². The molecule has 0 N–H and O–H groups in total. The first-order valence-corrected chi connectivity index (χ1v) is 9.88. The van der Waals surface area contributed by atoms with Gasteiger partial charge < -0.3 is 0 Å². The minimum absolute atomic E-state index is 0.352. The van der Waals surface area contributed by atoms with Crippen LogP contribution in [0.25, 0.3) is 0 Å². The summed E-state index contributed by atoms with van der Waals surface area (Å²) in [6.07, 6.45) is 5.09. The van der Waals surface area contributed by atoms with Crippen LogP contribution in [-0.4, -0.2) is 40.5 Å². The summed E-state index contributed by atoms with van der Waals surface area (Å²) in [6, 6.07) is 25.0. The number of pyridine rings is 1. The minimum Gasteiger partial charge on any atom is -0.293 e. The lowest BCUT2D eigenvalue weighted by Gasteiger charge is -2.50. The summed E-state index contributed by atoms with van der Waals surface area (Å²) in [7, 11) is 0. The maximum Gasteiger partial charge on any atom is 0.0602 e. The molecule has 5 rings (SSSR count). The molecule has 0 saturated carbocycles. The van der Waals surface area contributed by atoms with Gasteiger partial charge >= 0.3 is 0 Å². The molecule has 0 unspecified atom stereocenters. The average molecular weight is 355 g/mol. The molecule has 2 aromatic carbocycles. The van der Waals surface area contributed by atoms with E-state index in [1.165, 1.54) is 22.3 Å². The fourth-order valence-corrected chi connectivity index (χ4v) is 4.52. The summed E-state index contributed by atoms with van der Waals surface area (Å²) in [6.45, 7) is 4.49. The van der Waals surface area contributed by atoms with Gasteiger partial charge in [0.1, 0.15) is 0 Å². The zero-order valence-corrected chi connectivity index (χ0v) is 15.5. The van der Waals surface area contributed by atoms with Crippen molar-refractivity contribution in [2.24, 2.45) is 0 Å². The van der Waals surface area contributed by atoms with E-state index < -0.39 is 0 Å². The molecule has 0 amide bonds. The minimum atomic E-state index is 0.352. The molecule has 3 aromatic rings. The Labute approximate surface area is 161 Å². The molecule has 0 spiro atoms. The lowest BCUT2D eigenvalue weighted by Crippen LogP contribution is -2.60. The molecular formula is C24H25N3. The molecule has 0 radical (unpaired) electrons. The molecule has 136 valence electrons. The highest BCUT2D eigenvalue weighted by atomic mass is 15.3. The largest absolute Gasteiger partial charge is 0.293 e. The summed E-state index contributed by atoms with van der Waals surface area (Å²) >= 11 is 0. The zero-order valence-electron chi connectivity index (χ0n) is 15.5. The SMILES string of the molecule is c1ccc(C(c2ccccc2)N2CC(N3CCc4cnccc4C3)C2)cc1. The van der Waals surface area contributed by atoms with Gasteiger partial charge in [-0.3, -0.25) is 14.8 Å². The third-order valence-electron chi connectivity index (χ3n) is 6.05. The Hall–Kier alpha value is -2.49. The van der Waals surface area contributed by atoms with Crippen LogP contribution in [0.3, 0.4) is 0 Å². The Morgan fingerprint density at radius 1 is 0.815 bits per heavy atom. The molecule has 0 atom stereocenters. The first-order chi connectivity index (χ1) is 13.4. The lowest BCUT2D eigenvalue weighted by molar-refractivity contribution is 0.00723. The molecular weight excluding hydrogens is 330 g/mol.